The summed E-state index contributed by atoms with van der Waals surface area (Å²) in [6, 6.07) is 4.90. The Morgan fingerprint density at radius 3 is 2.35 bits per heavy atom. The van der Waals surface area contributed by atoms with Crippen LogP contribution in [-0.4, -0.2) is 9.97 Å². The molecule has 0 saturated heterocycles. The van der Waals surface area contributed by atoms with E-state index < -0.39 is 0 Å². The number of nitrogens with zero attached hydrogens (tertiary/aromatic N) is 2. The number of aryl methyl sites for hydroxylation is 1. The molecule has 0 atom stereocenters. The molecule has 2 aromatic rings. The van der Waals surface area contributed by atoms with Crippen molar-refractivity contribution >= 4 is 34.8 Å². The Kier molecular flexibility index (Phi) is 3.72. The lowest BCUT2D eigenvalue weighted by Gasteiger charge is -2.07. The molecule has 1 aromatic heterocycles. The summed E-state index contributed by atoms with van der Waals surface area (Å²) in [6.07, 6.45) is 1.58. The minimum Gasteiger partial charge on any atom is -0.438 e. The molecule has 3 nitrogen and oxygen atoms in total. The Labute approximate surface area is 113 Å². The van der Waals surface area contributed by atoms with Crippen LogP contribution in [-0.2, 0) is 0 Å². The van der Waals surface area contributed by atoms with Crippen LogP contribution < -0.4 is 4.74 Å². The fourth-order valence-electron chi connectivity index (χ4n) is 1.21. The topological polar surface area (TPSA) is 35.0 Å². The van der Waals surface area contributed by atoms with E-state index >= 15 is 0 Å². The first-order valence-electron chi connectivity index (χ1n) is 4.67. The predicted molar refractivity (Wildman–Crippen MR) is 68.3 cm³/mol. The van der Waals surface area contributed by atoms with Gasteiger partial charge in [-0.05, 0) is 36.7 Å². The zero-order chi connectivity index (χ0) is 12.4. The highest BCUT2D eigenvalue weighted by Gasteiger charge is 2.06. The average Bonchev–Trinajstić information content (AvgIpc) is 2.22. The van der Waals surface area contributed by atoms with Crippen molar-refractivity contribution in [1.82, 2.24) is 9.97 Å². The quantitative estimate of drug-likeness (QED) is 0.761. The van der Waals surface area contributed by atoms with Gasteiger partial charge in [0.1, 0.15) is 5.75 Å². The third-order valence-electron chi connectivity index (χ3n) is 1.95. The highest BCUT2D eigenvalue weighted by atomic mass is 35.5. The van der Waals surface area contributed by atoms with Gasteiger partial charge >= 0.3 is 0 Å². The van der Waals surface area contributed by atoms with E-state index in [9.17, 15) is 0 Å². The fraction of sp³-hybridized carbons (Fsp3) is 0.0909. The summed E-state index contributed by atoms with van der Waals surface area (Å²) in [4.78, 5) is 7.81. The monoisotopic (exact) mass is 288 g/mol. The van der Waals surface area contributed by atoms with Crippen molar-refractivity contribution in [2.75, 3.05) is 0 Å². The summed E-state index contributed by atoms with van der Waals surface area (Å²) >= 11 is 17.4. The van der Waals surface area contributed by atoms with Crippen molar-refractivity contribution < 1.29 is 4.74 Å². The smallest absolute Gasteiger partial charge is 0.226 e. The van der Waals surface area contributed by atoms with Gasteiger partial charge in [-0.2, -0.15) is 4.98 Å². The maximum Gasteiger partial charge on any atom is 0.226 e. The first kappa shape index (κ1) is 12.4. The molecule has 1 heterocycles. The molecular weight excluding hydrogens is 282 g/mol. The van der Waals surface area contributed by atoms with E-state index in [2.05, 4.69) is 9.97 Å². The molecule has 2 rings (SSSR count). The molecule has 0 bridgehead atoms. The van der Waals surface area contributed by atoms with E-state index in [4.69, 9.17) is 39.5 Å². The standard InChI is InChI=1S/C11H7Cl3N2O/c1-6-5-15-11(14)16-10(6)17-9-3-7(12)2-8(13)4-9/h2-5H,1H3. The first-order chi connectivity index (χ1) is 8.04. The number of halogens is 3. The van der Waals surface area contributed by atoms with E-state index in [0.29, 0.717) is 21.7 Å². The minimum atomic E-state index is 0.124. The summed E-state index contributed by atoms with van der Waals surface area (Å²) in [6.45, 7) is 1.82. The Morgan fingerprint density at radius 2 is 1.71 bits per heavy atom. The van der Waals surface area contributed by atoms with E-state index in [1.165, 1.54) is 0 Å². The molecule has 0 fully saturated rings. The van der Waals surface area contributed by atoms with Crippen molar-refractivity contribution in [2.24, 2.45) is 0 Å². The Bertz CT molecular complexity index is 540. The highest BCUT2D eigenvalue weighted by Crippen LogP contribution is 2.29. The van der Waals surface area contributed by atoms with Gasteiger partial charge in [0.25, 0.3) is 0 Å². The van der Waals surface area contributed by atoms with Crippen LogP contribution in [0.5, 0.6) is 11.6 Å². The van der Waals surface area contributed by atoms with E-state index in [1.54, 1.807) is 24.4 Å². The van der Waals surface area contributed by atoms with Gasteiger partial charge < -0.3 is 4.74 Å². The average molecular weight is 290 g/mol. The van der Waals surface area contributed by atoms with Gasteiger partial charge in [0, 0.05) is 21.8 Å². The molecule has 6 heteroatoms. The summed E-state index contributed by atoms with van der Waals surface area (Å²) in [5.74, 6) is 0.878. The second-order valence-corrected chi connectivity index (χ2v) is 4.55. The van der Waals surface area contributed by atoms with Gasteiger partial charge in [-0.25, -0.2) is 4.98 Å². The molecule has 0 aliphatic carbocycles. The molecule has 88 valence electrons. The van der Waals surface area contributed by atoms with E-state index in [-0.39, 0.29) is 5.28 Å². The highest BCUT2D eigenvalue weighted by molar-refractivity contribution is 6.34. The molecule has 1 aromatic carbocycles. The molecule has 0 saturated carbocycles. The second kappa shape index (κ2) is 5.08. The number of aromatic nitrogens is 2. The van der Waals surface area contributed by atoms with Gasteiger partial charge in [0.05, 0.1) is 0 Å². The van der Waals surface area contributed by atoms with Crippen molar-refractivity contribution in [3.8, 4) is 11.6 Å². The van der Waals surface area contributed by atoms with Crippen LogP contribution in [0.3, 0.4) is 0 Å². The normalized spacial score (nSPS) is 10.4. The Hall–Kier alpha value is -1.03. The lowest BCUT2D eigenvalue weighted by atomic mass is 10.3. The fourth-order valence-corrected chi connectivity index (χ4v) is 1.84. The molecule has 17 heavy (non-hydrogen) atoms. The van der Waals surface area contributed by atoms with Crippen LogP contribution >= 0.6 is 34.8 Å². The molecular formula is C11H7Cl3N2O. The number of rotatable bonds is 2. The molecule has 0 N–H and O–H groups in total. The predicted octanol–water partition coefficient (Wildman–Crippen LogP) is 4.54. The van der Waals surface area contributed by atoms with Crippen LogP contribution in [0.1, 0.15) is 5.56 Å². The summed E-state index contributed by atoms with van der Waals surface area (Å²) in [5.41, 5.74) is 0.769. The minimum absolute atomic E-state index is 0.124. The molecule has 0 radical (unpaired) electrons. The number of hydrogen-bond donors (Lipinski definition) is 0. The van der Waals surface area contributed by atoms with Crippen LogP contribution in [0, 0.1) is 6.92 Å². The number of ether oxygens (including phenoxy) is 1. The number of benzene rings is 1. The van der Waals surface area contributed by atoms with E-state index in [0.717, 1.165) is 5.56 Å². The second-order valence-electron chi connectivity index (χ2n) is 3.33. The molecule has 0 spiro atoms. The Morgan fingerprint density at radius 1 is 1.06 bits per heavy atom. The molecule has 0 aliphatic rings. The summed E-state index contributed by atoms with van der Waals surface area (Å²) < 4.78 is 5.55. The molecule has 0 aliphatic heterocycles. The summed E-state index contributed by atoms with van der Waals surface area (Å²) in [5, 5.41) is 1.11. The SMILES string of the molecule is Cc1cnc(Cl)nc1Oc1cc(Cl)cc(Cl)c1. The maximum atomic E-state index is 5.86. The van der Waals surface area contributed by atoms with Gasteiger partial charge in [-0.1, -0.05) is 23.2 Å². The number of hydrogen-bond acceptors (Lipinski definition) is 3. The Balaban J connectivity index is 2.34. The van der Waals surface area contributed by atoms with Crippen LogP contribution in [0.15, 0.2) is 24.4 Å². The molecule has 0 amide bonds. The van der Waals surface area contributed by atoms with Crippen molar-refractivity contribution in [2.45, 2.75) is 6.92 Å². The van der Waals surface area contributed by atoms with Gasteiger partial charge in [-0.3, -0.25) is 0 Å². The lowest BCUT2D eigenvalue weighted by Crippen LogP contribution is -1.93. The zero-order valence-corrected chi connectivity index (χ0v) is 11.0. The van der Waals surface area contributed by atoms with Gasteiger partial charge in [0.15, 0.2) is 0 Å². The lowest BCUT2D eigenvalue weighted by molar-refractivity contribution is 0.457. The van der Waals surface area contributed by atoms with Gasteiger partial charge in [-0.15, -0.1) is 0 Å². The van der Waals surface area contributed by atoms with Crippen LogP contribution in [0.2, 0.25) is 15.3 Å². The third-order valence-corrected chi connectivity index (χ3v) is 2.57. The third kappa shape index (κ3) is 3.22. The van der Waals surface area contributed by atoms with Crippen molar-refractivity contribution in [3.63, 3.8) is 0 Å². The van der Waals surface area contributed by atoms with Gasteiger partial charge in [0.2, 0.25) is 11.2 Å². The zero-order valence-electron chi connectivity index (χ0n) is 8.75. The van der Waals surface area contributed by atoms with Crippen LogP contribution in [0.25, 0.3) is 0 Å². The molecule has 0 unspecified atom stereocenters. The van der Waals surface area contributed by atoms with Crippen molar-refractivity contribution in [1.29, 1.82) is 0 Å². The van der Waals surface area contributed by atoms with Crippen LogP contribution in [0.4, 0.5) is 0 Å². The first-order valence-corrected chi connectivity index (χ1v) is 5.81. The van der Waals surface area contributed by atoms with Crippen molar-refractivity contribution in [3.05, 3.63) is 45.3 Å². The maximum absolute atomic E-state index is 5.86. The summed E-state index contributed by atoms with van der Waals surface area (Å²) in [7, 11) is 0. The van der Waals surface area contributed by atoms with E-state index in [1.807, 2.05) is 6.92 Å². The largest absolute Gasteiger partial charge is 0.438 e.